The quantitative estimate of drug-likeness (QED) is 0.867. The maximum atomic E-state index is 6.10. The number of rotatable bonds is 3. The summed E-state index contributed by atoms with van der Waals surface area (Å²) in [6, 6.07) is 4.45. The van der Waals surface area contributed by atoms with Gasteiger partial charge < -0.3 is 4.74 Å². The van der Waals surface area contributed by atoms with Gasteiger partial charge in [0.25, 0.3) is 0 Å². The molecule has 23 heavy (non-hydrogen) atoms. The summed E-state index contributed by atoms with van der Waals surface area (Å²) >= 11 is 0. The molecule has 5 nitrogen and oxygen atoms in total. The van der Waals surface area contributed by atoms with Crippen molar-refractivity contribution < 1.29 is 4.74 Å². The first-order valence-electron chi connectivity index (χ1n) is 9.07. The summed E-state index contributed by atoms with van der Waals surface area (Å²) in [5, 5.41) is 0. The average molecular weight is 314 g/mol. The average Bonchev–Trinajstić information content (AvgIpc) is 3.01. The van der Waals surface area contributed by atoms with Gasteiger partial charge in [-0.25, -0.2) is 9.97 Å². The fourth-order valence-electron chi connectivity index (χ4n) is 4.06. The van der Waals surface area contributed by atoms with Gasteiger partial charge in [0.1, 0.15) is 17.6 Å². The van der Waals surface area contributed by atoms with Crippen LogP contribution in [0.3, 0.4) is 0 Å². The third-order valence-electron chi connectivity index (χ3n) is 5.24. The maximum Gasteiger partial charge on any atom is 0.162 e. The van der Waals surface area contributed by atoms with Gasteiger partial charge >= 0.3 is 0 Å². The maximum absolute atomic E-state index is 6.10. The molecule has 124 valence electrons. The van der Waals surface area contributed by atoms with Crippen molar-refractivity contribution in [1.29, 1.82) is 0 Å². The fraction of sp³-hybridized carbons (Fsp3) is 0.667. The summed E-state index contributed by atoms with van der Waals surface area (Å²) in [7, 11) is 0. The Balaban J connectivity index is 1.81. The monoisotopic (exact) mass is 314 g/mol. The summed E-state index contributed by atoms with van der Waals surface area (Å²) in [6.07, 6.45) is 9.17. The van der Waals surface area contributed by atoms with Crippen LogP contribution in [0.15, 0.2) is 18.3 Å². The normalized spacial score (nSPS) is 26.7. The molecule has 4 rings (SSSR count). The first-order chi connectivity index (χ1) is 11.4. The minimum Gasteiger partial charge on any atom is -0.358 e. The van der Waals surface area contributed by atoms with Gasteiger partial charge in [0.15, 0.2) is 5.65 Å². The van der Waals surface area contributed by atoms with Crippen LogP contribution >= 0.6 is 0 Å². The van der Waals surface area contributed by atoms with Crippen LogP contribution in [0.25, 0.3) is 11.2 Å². The molecule has 0 radical (unpaired) electrons. The lowest BCUT2D eigenvalue weighted by Gasteiger charge is -2.36. The van der Waals surface area contributed by atoms with Crippen LogP contribution in [0.5, 0.6) is 0 Å². The molecule has 0 spiro atoms. The van der Waals surface area contributed by atoms with Gasteiger partial charge in [-0.05, 0) is 57.3 Å². The lowest BCUT2D eigenvalue weighted by molar-refractivity contribution is -0.0342. The third-order valence-corrected chi connectivity index (χ3v) is 5.24. The summed E-state index contributed by atoms with van der Waals surface area (Å²) in [6.45, 7) is 5.34. The highest BCUT2D eigenvalue weighted by atomic mass is 16.5. The smallest absolute Gasteiger partial charge is 0.162 e. The second-order valence-electron chi connectivity index (χ2n) is 6.65. The zero-order chi connectivity index (χ0) is 15.6. The molecule has 0 aliphatic carbocycles. The van der Waals surface area contributed by atoms with E-state index in [1.54, 1.807) is 0 Å². The van der Waals surface area contributed by atoms with Crippen LogP contribution in [0, 0.1) is 0 Å². The van der Waals surface area contributed by atoms with Crippen LogP contribution in [0.1, 0.15) is 63.5 Å². The highest BCUT2D eigenvalue weighted by Gasteiger charge is 2.31. The van der Waals surface area contributed by atoms with Crippen LogP contribution in [0.4, 0.5) is 0 Å². The number of aromatic nitrogens is 3. The van der Waals surface area contributed by atoms with Crippen molar-refractivity contribution in [3.8, 4) is 0 Å². The van der Waals surface area contributed by atoms with Crippen molar-refractivity contribution in [3.05, 3.63) is 24.2 Å². The molecule has 0 bridgehead atoms. The van der Waals surface area contributed by atoms with Crippen LogP contribution < -0.4 is 0 Å². The van der Waals surface area contributed by atoms with Gasteiger partial charge in [0.2, 0.25) is 0 Å². The standard InChI is InChI=1S/C18H26N4O/c1-2-21-12-5-3-9-15(21)18-20-14-8-7-11-19-17(14)22(18)16-10-4-6-13-23-16/h7-8,11,15-16H,2-6,9-10,12-13H2,1H3. The number of fused-ring (bicyclic) bond motifs is 1. The molecule has 4 heterocycles. The zero-order valence-electron chi connectivity index (χ0n) is 13.9. The van der Waals surface area contributed by atoms with E-state index >= 15 is 0 Å². The molecule has 2 saturated heterocycles. The number of piperidine rings is 1. The number of likely N-dealkylation sites (tertiary alicyclic amines) is 1. The highest BCUT2D eigenvalue weighted by molar-refractivity contribution is 5.71. The highest BCUT2D eigenvalue weighted by Crippen LogP contribution is 2.35. The van der Waals surface area contributed by atoms with Crippen molar-refractivity contribution in [2.24, 2.45) is 0 Å². The predicted molar refractivity (Wildman–Crippen MR) is 90.2 cm³/mol. The minimum absolute atomic E-state index is 0.0966. The van der Waals surface area contributed by atoms with E-state index in [4.69, 9.17) is 9.72 Å². The van der Waals surface area contributed by atoms with Gasteiger partial charge in [-0.1, -0.05) is 13.3 Å². The van der Waals surface area contributed by atoms with Gasteiger partial charge in [-0.15, -0.1) is 0 Å². The van der Waals surface area contributed by atoms with Gasteiger partial charge in [-0.2, -0.15) is 0 Å². The van der Waals surface area contributed by atoms with E-state index in [0.29, 0.717) is 6.04 Å². The van der Waals surface area contributed by atoms with Gasteiger partial charge in [-0.3, -0.25) is 9.47 Å². The van der Waals surface area contributed by atoms with Crippen LogP contribution in [-0.2, 0) is 4.74 Å². The van der Waals surface area contributed by atoms with Gasteiger partial charge in [0.05, 0.1) is 6.04 Å². The molecule has 2 aliphatic rings. The topological polar surface area (TPSA) is 43.2 Å². The van der Waals surface area contributed by atoms with E-state index < -0.39 is 0 Å². The number of hydrogen-bond donors (Lipinski definition) is 0. The fourth-order valence-corrected chi connectivity index (χ4v) is 4.06. The molecule has 0 amide bonds. The van der Waals surface area contributed by atoms with E-state index in [1.165, 1.54) is 32.2 Å². The lowest BCUT2D eigenvalue weighted by atomic mass is 10.0. The van der Waals surface area contributed by atoms with Crippen molar-refractivity contribution >= 4 is 11.2 Å². The van der Waals surface area contributed by atoms with Crippen LogP contribution in [0.2, 0.25) is 0 Å². The van der Waals surface area contributed by atoms with E-state index in [-0.39, 0.29) is 6.23 Å². The number of pyridine rings is 1. The van der Waals surface area contributed by atoms with Gasteiger partial charge in [0, 0.05) is 12.8 Å². The summed E-state index contributed by atoms with van der Waals surface area (Å²) in [4.78, 5) is 12.2. The Morgan fingerprint density at radius 3 is 2.96 bits per heavy atom. The molecule has 2 fully saturated rings. The molecule has 0 N–H and O–H groups in total. The first kappa shape index (κ1) is 15.1. The minimum atomic E-state index is 0.0966. The molecular formula is C18H26N4O. The zero-order valence-corrected chi connectivity index (χ0v) is 13.9. The molecule has 2 aromatic rings. The second kappa shape index (κ2) is 6.57. The second-order valence-corrected chi connectivity index (χ2v) is 6.65. The van der Waals surface area contributed by atoms with Crippen molar-refractivity contribution in [1.82, 2.24) is 19.4 Å². The Kier molecular flexibility index (Phi) is 4.31. The van der Waals surface area contributed by atoms with Crippen molar-refractivity contribution in [3.63, 3.8) is 0 Å². The molecule has 2 unspecified atom stereocenters. The molecule has 0 saturated carbocycles. The van der Waals surface area contributed by atoms with E-state index in [2.05, 4.69) is 27.4 Å². The first-order valence-corrected chi connectivity index (χ1v) is 9.07. The summed E-state index contributed by atoms with van der Waals surface area (Å²) in [5.41, 5.74) is 1.98. The SMILES string of the molecule is CCN1CCCCC1c1nc2cccnc2n1C1CCCCO1. The lowest BCUT2D eigenvalue weighted by Crippen LogP contribution is -2.35. The van der Waals surface area contributed by atoms with E-state index in [1.807, 2.05) is 12.3 Å². The molecule has 5 heteroatoms. The largest absolute Gasteiger partial charge is 0.358 e. The van der Waals surface area contributed by atoms with E-state index in [9.17, 15) is 0 Å². The van der Waals surface area contributed by atoms with Crippen molar-refractivity contribution in [2.75, 3.05) is 19.7 Å². The Bertz CT molecular complexity index is 662. The molecular weight excluding hydrogens is 288 g/mol. The number of nitrogens with zero attached hydrogens (tertiary/aromatic N) is 4. The number of imidazole rings is 1. The Labute approximate surface area is 137 Å². The number of hydrogen-bond acceptors (Lipinski definition) is 4. The number of ether oxygens (including phenoxy) is 1. The Morgan fingerprint density at radius 1 is 1.22 bits per heavy atom. The molecule has 2 aromatic heterocycles. The molecule has 0 aromatic carbocycles. The molecule has 2 atom stereocenters. The van der Waals surface area contributed by atoms with E-state index in [0.717, 1.165) is 43.0 Å². The third kappa shape index (κ3) is 2.76. The Morgan fingerprint density at radius 2 is 2.13 bits per heavy atom. The molecule has 2 aliphatic heterocycles. The van der Waals surface area contributed by atoms with Crippen molar-refractivity contribution in [2.45, 2.75) is 57.7 Å². The van der Waals surface area contributed by atoms with Crippen LogP contribution in [-0.4, -0.2) is 39.1 Å². The predicted octanol–water partition coefficient (Wildman–Crippen LogP) is 3.68. The summed E-state index contributed by atoms with van der Waals surface area (Å²) < 4.78 is 8.39. The Hall–Kier alpha value is -1.46. The summed E-state index contributed by atoms with van der Waals surface area (Å²) in [5.74, 6) is 1.16.